The number of hydrogen-bond donors (Lipinski definition) is 2. The number of fused-ring (bicyclic) bond motifs is 4. The first-order valence-corrected chi connectivity index (χ1v) is 15.2. The molecule has 4 N–H and O–H groups in total. The molecule has 5 heterocycles. The first kappa shape index (κ1) is 26.8. The number of benzene rings is 1. The van der Waals surface area contributed by atoms with Gasteiger partial charge in [0.05, 0.1) is 24.0 Å². The second kappa shape index (κ2) is 9.88. The van der Waals surface area contributed by atoms with Crippen molar-refractivity contribution in [2.24, 2.45) is 30.4 Å². The number of carbonyl (C=O) groups is 2. The molecule has 3 atom stereocenters. The third-order valence-corrected chi connectivity index (χ3v) is 9.74. The van der Waals surface area contributed by atoms with Gasteiger partial charge in [0.1, 0.15) is 22.6 Å². The smallest absolute Gasteiger partial charge is 0.267 e. The molecule has 1 aliphatic heterocycles. The number of rotatable bonds is 7. The molecule has 8 rings (SSSR count). The average Bonchev–Trinajstić information content (AvgIpc) is 3.44. The number of likely N-dealkylation sites (tertiary alicyclic amines) is 1. The van der Waals surface area contributed by atoms with Gasteiger partial charge in [0, 0.05) is 54.9 Å². The highest BCUT2D eigenvalue weighted by Crippen LogP contribution is 2.40. The lowest BCUT2D eigenvalue weighted by Crippen LogP contribution is -2.41. The van der Waals surface area contributed by atoms with Gasteiger partial charge in [-0.05, 0) is 80.0 Å². The van der Waals surface area contributed by atoms with E-state index in [0.717, 1.165) is 58.7 Å². The molecule has 2 amide bonds. The van der Waals surface area contributed by atoms with Crippen LogP contribution < -0.4 is 16.2 Å². The number of imidazole rings is 1. The molecule has 4 aromatic heterocycles. The van der Waals surface area contributed by atoms with Crippen LogP contribution in [0, 0.1) is 11.8 Å². The van der Waals surface area contributed by atoms with Gasteiger partial charge in [-0.3, -0.25) is 14.6 Å². The summed E-state index contributed by atoms with van der Waals surface area (Å²) in [6.45, 7) is 1.54. The number of methoxy groups -OCH3 is 1. The van der Waals surface area contributed by atoms with Crippen molar-refractivity contribution in [2.75, 3.05) is 13.7 Å². The molecule has 0 unspecified atom stereocenters. The summed E-state index contributed by atoms with van der Waals surface area (Å²) in [6, 6.07) is 13.4. The van der Waals surface area contributed by atoms with E-state index in [9.17, 15) is 9.59 Å². The maximum absolute atomic E-state index is 13.7. The van der Waals surface area contributed by atoms with Crippen molar-refractivity contribution in [1.29, 1.82) is 0 Å². The summed E-state index contributed by atoms with van der Waals surface area (Å²) >= 11 is 0. The Morgan fingerprint density at radius 2 is 1.89 bits per heavy atom. The minimum atomic E-state index is -0.564. The molecule has 5 aromatic rings. The third-order valence-electron chi connectivity index (χ3n) is 9.74. The highest BCUT2D eigenvalue weighted by Gasteiger charge is 2.47. The van der Waals surface area contributed by atoms with Crippen molar-refractivity contribution in [3.05, 3.63) is 59.9 Å². The van der Waals surface area contributed by atoms with Crippen LogP contribution in [0.5, 0.6) is 5.75 Å². The Morgan fingerprint density at radius 3 is 2.55 bits per heavy atom. The summed E-state index contributed by atoms with van der Waals surface area (Å²) in [6.07, 6.45) is 6.04. The van der Waals surface area contributed by atoms with E-state index in [0.29, 0.717) is 35.2 Å². The number of carbonyl (C=O) groups excluding carboxylic acids is 2. The Labute approximate surface area is 253 Å². The van der Waals surface area contributed by atoms with E-state index in [1.807, 2.05) is 40.8 Å². The quantitative estimate of drug-likeness (QED) is 0.294. The standard InChI is InChI=1S/C33H34N8O3/c1-39-29-24(11-21(13-27(29)44-2)33(43)41-16-20-7-10-25(41)28(20)34)38-32(39)26-12-18-5-8-22(19-6-9-23(30(35)42)36-14-19)37-31(18)40(26)15-17-3-4-17/h5-6,8-9,11-14,17,20,25,28H,3-4,7,10,15-16,34H2,1-2H3,(H2,35,42)/t20-,25-,28-/m1/s1. The maximum Gasteiger partial charge on any atom is 0.267 e. The molecule has 3 fully saturated rings. The Bertz CT molecular complexity index is 1970. The fourth-order valence-corrected chi connectivity index (χ4v) is 7.17. The molecule has 1 aromatic carbocycles. The van der Waals surface area contributed by atoms with Crippen LogP contribution in [0.2, 0.25) is 0 Å². The number of nitrogens with zero attached hydrogens (tertiary/aromatic N) is 6. The lowest BCUT2D eigenvalue weighted by molar-refractivity contribution is 0.0700. The van der Waals surface area contributed by atoms with Crippen molar-refractivity contribution in [2.45, 2.75) is 44.3 Å². The van der Waals surface area contributed by atoms with Crippen molar-refractivity contribution in [3.8, 4) is 28.5 Å². The van der Waals surface area contributed by atoms with Gasteiger partial charge in [0.2, 0.25) is 0 Å². The lowest BCUT2D eigenvalue weighted by Gasteiger charge is -2.27. The monoisotopic (exact) mass is 590 g/mol. The molecule has 0 spiro atoms. The Hall–Kier alpha value is -4.77. The summed E-state index contributed by atoms with van der Waals surface area (Å²) in [5, 5.41) is 1.00. The van der Waals surface area contributed by atoms with E-state index in [1.165, 1.54) is 12.8 Å². The highest BCUT2D eigenvalue weighted by atomic mass is 16.5. The molecular weight excluding hydrogens is 556 g/mol. The van der Waals surface area contributed by atoms with Crippen molar-refractivity contribution in [1.82, 2.24) is 29.0 Å². The molecule has 11 nitrogen and oxygen atoms in total. The van der Waals surface area contributed by atoms with E-state index >= 15 is 0 Å². The molecule has 2 saturated carbocycles. The average molecular weight is 591 g/mol. The predicted molar refractivity (Wildman–Crippen MR) is 166 cm³/mol. The Morgan fingerprint density at radius 1 is 1.05 bits per heavy atom. The molecule has 1 saturated heterocycles. The molecular formula is C33H34N8O3. The highest BCUT2D eigenvalue weighted by molar-refractivity contribution is 6.00. The topological polar surface area (TPSA) is 147 Å². The van der Waals surface area contributed by atoms with Gasteiger partial charge in [0.25, 0.3) is 11.8 Å². The van der Waals surface area contributed by atoms with Crippen LogP contribution in [0.15, 0.2) is 48.7 Å². The van der Waals surface area contributed by atoms with Crippen LogP contribution in [0.1, 0.15) is 46.5 Å². The second-order valence-corrected chi connectivity index (χ2v) is 12.5. The van der Waals surface area contributed by atoms with Gasteiger partial charge in [-0.25, -0.2) is 9.97 Å². The van der Waals surface area contributed by atoms with Crippen LogP contribution in [0.3, 0.4) is 0 Å². The van der Waals surface area contributed by atoms with Gasteiger partial charge in [-0.1, -0.05) is 0 Å². The first-order valence-electron chi connectivity index (χ1n) is 15.2. The normalized spacial score (nSPS) is 21.1. The molecule has 3 aliphatic rings. The van der Waals surface area contributed by atoms with E-state index in [2.05, 4.69) is 21.7 Å². The number of ether oxygens (including phenoxy) is 1. The Balaban J connectivity index is 1.22. The van der Waals surface area contributed by atoms with E-state index in [4.69, 9.17) is 26.2 Å². The van der Waals surface area contributed by atoms with E-state index in [1.54, 1.807) is 19.4 Å². The SMILES string of the molecule is COc1cc(C(=O)N2C[C@H]3CC[C@@H]2[C@@H]3N)cc2nc(-c3cc4ccc(-c5ccc(C(N)=O)nc5)nc4n3CC3CC3)n(C)c12. The van der Waals surface area contributed by atoms with Crippen molar-refractivity contribution in [3.63, 3.8) is 0 Å². The summed E-state index contributed by atoms with van der Waals surface area (Å²) in [5.74, 6) is 1.77. The number of amides is 2. The van der Waals surface area contributed by atoms with Gasteiger partial charge >= 0.3 is 0 Å². The van der Waals surface area contributed by atoms with Crippen LogP contribution in [0.25, 0.3) is 44.8 Å². The van der Waals surface area contributed by atoms with Gasteiger partial charge < -0.3 is 30.2 Å². The number of piperidine rings is 1. The maximum atomic E-state index is 13.7. The number of hydrogen-bond acceptors (Lipinski definition) is 7. The molecule has 224 valence electrons. The summed E-state index contributed by atoms with van der Waals surface area (Å²) in [7, 11) is 3.61. The summed E-state index contributed by atoms with van der Waals surface area (Å²) < 4.78 is 10.1. The van der Waals surface area contributed by atoms with Gasteiger partial charge in [-0.2, -0.15) is 0 Å². The summed E-state index contributed by atoms with van der Waals surface area (Å²) in [5.41, 5.74) is 17.5. The minimum Gasteiger partial charge on any atom is -0.494 e. The van der Waals surface area contributed by atoms with Crippen LogP contribution in [-0.2, 0) is 13.6 Å². The van der Waals surface area contributed by atoms with Gasteiger partial charge in [-0.15, -0.1) is 0 Å². The fraction of sp³-hybridized carbons (Fsp3) is 0.364. The number of nitrogens with two attached hydrogens (primary N) is 2. The second-order valence-electron chi connectivity index (χ2n) is 12.5. The largest absolute Gasteiger partial charge is 0.494 e. The minimum absolute atomic E-state index is 0.0158. The number of aromatic nitrogens is 5. The predicted octanol–water partition coefficient (Wildman–Crippen LogP) is 3.73. The zero-order valence-electron chi connectivity index (χ0n) is 24.7. The van der Waals surface area contributed by atoms with E-state index in [-0.39, 0.29) is 23.7 Å². The fourth-order valence-electron chi connectivity index (χ4n) is 7.17. The third kappa shape index (κ3) is 4.17. The van der Waals surface area contributed by atoms with Crippen molar-refractivity contribution < 1.29 is 14.3 Å². The zero-order chi connectivity index (χ0) is 30.3. The molecule has 2 aliphatic carbocycles. The van der Waals surface area contributed by atoms with Crippen LogP contribution >= 0.6 is 0 Å². The van der Waals surface area contributed by atoms with Crippen molar-refractivity contribution >= 4 is 33.9 Å². The molecule has 44 heavy (non-hydrogen) atoms. The van der Waals surface area contributed by atoms with Gasteiger partial charge in [0.15, 0.2) is 5.82 Å². The molecule has 0 radical (unpaired) electrons. The van der Waals surface area contributed by atoms with E-state index < -0.39 is 5.91 Å². The molecule has 2 bridgehead atoms. The first-order chi connectivity index (χ1) is 21.3. The number of aryl methyl sites for hydroxylation is 1. The molecule has 11 heteroatoms. The Kier molecular flexibility index (Phi) is 6.02. The lowest BCUT2D eigenvalue weighted by atomic mass is 10.1. The summed E-state index contributed by atoms with van der Waals surface area (Å²) in [4.78, 5) is 41.5. The van der Waals surface area contributed by atoms with Crippen LogP contribution in [0.4, 0.5) is 0 Å². The van der Waals surface area contributed by atoms with Crippen LogP contribution in [-0.4, -0.2) is 66.5 Å². The number of primary amides is 1. The zero-order valence-corrected chi connectivity index (χ0v) is 24.7. The number of pyridine rings is 2.